The molecule has 8 aromatic carbocycles. The largest absolute Gasteiger partial charge is 0.463 e. The third-order valence-corrected chi connectivity index (χ3v) is 9.54. The zero-order valence-corrected chi connectivity index (χ0v) is 24.8. The van der Waals surface area contributed by atoms with E-state index < -0.39 is 0 Å². The Kier molecular flexibility index (Phi) is 5.31. The first kappa shape index (κ1) is 25.2. The minimum atomic E-state index is 0.828. The molecule has 2 heteroatoms. The lowest BCUT2D eigenvalue weighted by atomic mass is 9.84. The maximum absolute atomic E-state index is 6.40. The number of fused-ring (bicyclic) bond motifs is 8. The van der Waals surface area contributed by atoms with Gasteiger partial charge in [0, 0.05) is 16.3 Å². The molecule has 2 nitrogen and oxygen atoms in total. The fourth-order valence-electron chi connectivity index (χ4n) is 7.52. The Hall–Kier alpha value is -6.12. The fraction of sp³-hybridized carbons (Fsp3) is 0. The Labute approximate surface area is 264 Å². The molecular formula is C44H26O2. The van der Waals surface area contributed by atoms with Crippen LogP contribution in [0.5, 0.6) is 0 Å². The predicted molar refractivity (Wildman–Crippen MR) is 192 cm³/mol. The van der Waals surface area contributed by atoms with Crippen molar-refractivity contribution < 1.29 is 8.83 Å². The van der Waals surface area contributed by atoms with Gasteiger partial charge in [0.25, 0.3) is 0 Å². The number of rotatable bonds is 3. The topological polar surface area (TPSA) is 26.3 Å². The van der Waals surface area contributed by atoms with Crippen molar-refractivity contribution in [1.82, 2.24) is 0 Å². The van der Waals surface area contributed by atoms with Crippen molar-refractivity contribution in [3.8, 4) is 33.4 Å². The predicted octanol–water partition coefficient (Wildman–Crippen LogP) is 12.8. The Balaban J connectivity index is 1.28. The molecule has 0 bridgehead atoms. The van der Waals surface area contributed by atoms with Gasteiger partial charge < -0.3 is 8.83 Å². The second-order valence-electron chi connectivity index (χ2n) is 12.0. The van der Waals surface area contributed by atoms with Crippen LogP contribution < -0.4 is 0 Å². The quantitative estimate of drug-likeness (QED) is 0.193. The van der Waals surface area contributed by atoms with E-state index in [4.69, 9.17) is 8.83 Å². The summed E-state index contributed by atoms with van der Waals surface area (Å²) in [6, 6.07) is 54.2. The Morgan fingerprint density at radius 2 is 1.00 bits per heavy atom. The van der Waals surface area contributed by atoms with Crippen LogP contribution in [-0.4, -0.2) is 0 Å². The van der Waals surface area contributed by atoms with E-state index in [2.05, 4.69) is 146 Å². The summed E-state index contributed by atoms with van der Waals surface area (Å²) >= 11 is 0. The number of hydrogen-bond acceptors (Lipinski definition) is 2. The Morgan fingerprint density at radius 3 is 1.76 bits per heavy atom. The van der Waals surface area contributed by atoms with Gasteiger partial charge in [-0.1, -0.05) is 127 Å². The summed E-state index contributed by atoms with van der Waals surface area (Å²) in [6.45, 7) is 0. The van der Waals surface area contributed by atoms with E-state index in [1.165, 1.54) is 49.0 Å². The van der Waals surface area contributed by atoms with E-state index >= 15 is 0 Å². The van der Waals surface area contributed by atoms with E-state index in [0.717, 1.165) is 49.6 Å². The van der Waals surface area contributed by atoms with Crippen molar-refractivity contribution in [2.45, 2.75) is 0 Å². The standard InChI is InChI=1S/C44H26O2/c1-2-11-28(12-3-1)38-26-45-44-36(38)22-24-40-43(44)37-25-29(21-23-39(37)46-40)41-32-16-6-8-18-34(32)42(35-19-9-7-17-33(35)41)31-20-10-14-27-13-4-5-15-30(27)31/h1-26H. The SMILES string of the molecule is c1ccc(-c2coc3c2ccc2oc4ccc(-c5c6ccccc6c(-c6cccc7ccccc67)c6ccccc56)cc4c23)cc1. The molecule has 0 spiro atoms. The lowest BCUT2D eigenvalue weighted by Gasteiger charge is -2.18. The van der Waals surface area contributed by atoms with Crippen molar-refractivity contribution in [2.75, 3.05) is 0 Å². The monoisotopic (exact) mass is 586 g/mol. The smallest absolute Gasteiger partial charge is 0.146 e. The van der Waals surface area contributed by atoms with Gasteiger partial charge in [-0.2, -0.15) is 0 Å². The van der Waals surface area contributed by atoms with Gasteiger partial charge in [-0.3, -0.25) is 0 Å². The first-order valence-corrected chi connectivity index (χ1v) is 15.7. The van der Waals surface area contributed by atoms with Crippen molar-refractivity contribution >= 4 is 65.2 Å². The van der Waals surface area contributed by atoms with E-state index in [9.17, 15) is 0 Å². The van der Waals surface area contributed by atoms with Crippen molar-refractivity contribution in [3.63, 3.8) is 0 Å². The van der Waals surface area contributed by atoms with Crippen LogP contribution in [0.4, 0.5) is 0 Å². The fourth-order valence-corrected chi connectivity index (χ4v) is 7.52. The molecule has 2 heterocycles. The van der Waals surface area contributed by atoms with Gasteiger partial charge in [-0.25, -0.2) is 0 Å². The van der Waals surface area contributed by atoms with Gasteiger partial charge in [0.15, 0.2) is 0 Å². The zero-order chi connectivity index (χ0) is 30.2. The summed E-state index contributed by atoms with van der Waals surface area (Å²) in [5.41, 5.74) is 9.66. The molecule has 2 aromatic heterocycles. The van der Waals surface area contributed by atoms with Crippen molar-refractivity contribution in [2.24, 2.45) is 0 Å². The highest BCUT2D eigenvalue weighted by Gasteiger charge is 2.20. The number of benzene rings is 8. The van der Waals surface area contributed by atoms with Gasteiger partial charge in [-0.05, 0) is 84.4 Å². The molecule has 46 heavy (non-hydrogen) atoms. The van der Waals surface area contributed by atoms with Crippen molar-refractivity contribution in [1.29, 1.82) is 0 Å². The number of hydrogen-bond donors (Lipinski definition) is 0. The van der Waals surface area contributed by atoms with Gasteiger partial charge in [0.05, 0.1) is 11.6 Å². The summed E-state index contributed by atoms with van der Waals surface area (Å²) in [5.74, 6) is 0. The molecule has 0 fully saturated rings. The van der Waals surface area contributed by atoms with Crippen LogP contribution in [0.2, 0.25) is 0 Å². The Morgan fingerprint density at radius 1 is 0.370 bits per heavy atom. The van der Waals surface area contributed by atoms with Crippen LogP contribution in [0, 0.1) is 0 Å². The highest BCUT2D eigenvalue weighted by atomic mass is 16.3. The van der Waals surface area contributed by atoms with Crippen LogP contribution >= 0.6 is 0 Å². The summed E-state index contributed by atoms with van der Waals surface area (Å²) in [7, 11) is 0. The second-order valence-corrected chi connectivity index (χ2v) is 12.0. The van der Waals surface area contributed by atoms with Crippen LogP contribution in [0.3, 0.4) is 0 Å². The molecule has 0 saturated carbocycles. The molecule has 0 atom stereocenters. The molecule has 0 aliphatic rings. The average Bonchev–Trinajstić information content (AvgIpc) is 3.72. The van der Waals surface area contributed by atoms with Gasteiger partial charge in [0.2, 0.25) is 0 Å². The molecule has 10 aromatic rings. The molecule has 10 rings (SSSR count). The van der Waals surface area contributed by atoms with Gasteiger partial charge in [0.1, 0.15) is 16.7 Å². The van der Waals surface area contributed by atoms with Crippen molar-refractivity contribution in [3.05, 3.63) is 158 Å². The average molecular weight is 587 g/mol. The van der Waals surface area contributed by atoms with Gasteiger partial charge in [-0.15, -0.1) is 0 Å². The highest BCUT2D eigenvalue weighted by molar-refractivity contribution is 6.25. The third-order valence-electron chi connectivity index (χ3n) is 9.54. The first-order valence-electron chi connectivity index (χ1n) is 15.7. The lowest BCUT2D eigenvalue weighted by Crippen LogP contribution is -1.91. The maximum atomic E-state index is 6.40. The van der Waals surface area contributed by atoms with Crippen LogP contribution in [-0.2, 0) is 0 Å². The zero-order valence-electron chi connectivity index (χ0n) is 24.8. The molecular weight excluding hydrogens is 560 g/mol. The minimum Gasteiger partial charge on any atom is -0.463 e. The third kappa shape index (κ3) is 3.59. The van der Waals surface area contributed by atoms with E-state index in [0.29, 0.717) is 0 Å². The van der Waals surface area contributed by atoms with Gasteiger partial charge >= 0.3 is 0 Å². The summed E-state index contributed by atoms with van der Waals surface area (Å²) in [6.07, 6.45) is 1.87. The van der Waals surface area contributed by atoms with Crippen LogP contribution in [0.15, 0.2) is 167 Å². The molecule has 0 saturated heterocycles. The molecule has 0 aliphatic carbocycles. The molecule has 0 N–H and O–H groups in total. The molecule has 0 unspecified atom stereocenters. The van der Waals surface area contributed by atoms with E-state index in [1.54, 1.807) is 0 Å². The molecule has 0 radical (unpaired) electrons. The normalized spacial score (nSPS) is 11.9. The lowest BCUT2D eigenvalue weighted by molar-refractivity contribution is 0.619. The molecule has 0 aliphatic heterocycles. The molecule has 0 amide bonds. The minimum absolute atomic E-state index is 0.828. The van der Waals surface area contributed by atoms with E-state index in [1.807, 2.05) is 12.3 Å². The first-order chi connectivity index (χ1) is 22.8. The van der Waals surface area contributed by atoms with Crippen LogP contribution in [0.25, 0.3) is 98.6 Å². The maximum Gasteiger partial charge on any atom is 0.146 e. The number of furan rings is 2. The summed E-state index contributed by atoms with van der Waals surface area (Å²) < 4.78 is 12.7. The van der Waals surface area contributed by atoms with Crippen LogP contribution in [0.1, 0.15) is 0 Å². The molecule has 214 valence electrons. The van der Waals surface area contributed by atoms with E-state index in [-0.39, 0.29) is 0 Å². The second kappa shape index (κ2) is 9.69. The highest BCUT2D eigenvalue weighted by Crippen LogP contribution is 2.47. The summed E-state index contributed by atoms with van der Waals surface area (Å²) in [4.78, 5) is 0. The summed E-state index contributed by atoms with van der Waals surface area (Å²) in [5, 5.41) is 10.6. The Bertz CT molecular complexity index is 2740.